The van der Waals surface area contributed by atoms with Gasteiger partial charge in [-0.05, 0) is 26.0 Å². The molecule has 0 radical (unpaired) electrons. The predicted molar refractivity (Wildman–Crippen MR) is 69.1 cm³/mol. The standard InChI is InChI=1S/C11H18N2O2S/c1-5-10(8-7-9(3)16-15)13(6-2)11(14)12-4/h5,7-8,15H,3,6H2,1-2,4H3,(H,12,14)/b8-7-,10-5+. The Morgan fingerprint density at radius 1 is 1.56 bits per heavy atom. The third kappa shape index (κ3) is 4.55. The number of rotatable bonds is 5. The van der Waals surface area contributed by atoms with Crippen LogP contribution in [0.3, 0.4) is 0 Å². The van der Waals surface area contributed by atoms with Gasteiger partial charge in [0.15, 0.2) is 0 Å². The fourth-order valence-electron chi connectivity index (χ4n) is 1.13. The van der Waals surface area contributed by atoms with Crippen molar-refractivity contribution < 1.29 is 9.35 Å². The van der Waals surface area contributed by atoms with Crippen LogP contribution in [0.15, 0.2) is 35.4 Å². The quantitative estimate of drug-likeness (QED) is 0.576. The molecule has 4 nitrogen and oxygen atoms in total. The van der Waals surface area contributed by atoms with E-state index in [2.05, 4.69) is 11.9 Å². The van der Waals surface area contributed by atoms with Crippen LogP contribution in [0.5, 0.6) is 0 Å². The fourth-order valence-corrected chi connectivity index (χ4v) is 1.26. The molecule has 2 amide bonds. The maximum atomic E-state index is 11.5. The van der Waals surface area contributed by atoms with Gasteiger partial charge in [-0.15, -0.1) is 0 Å². The molecule has 0 rings (SSSR count). The van der Waals surface area contributed by atoms with E-state index in [4.69, 9.17) is 4.55 Å². The lowest BCUT2D eigenvalue weighted by atomic mass is 10.3. The van der Waals surface area contributed by atoms with Crippen LogP contribution in [0.4, 0.5) is 4.79 Å². The van der Waals surface area contributed by atoms with Crippen LogP contribution in [0.25, 0.3) is 0 Å². The molecule has 5 heteroatoms. The number of nitrogens with zero attached hydrogens (tertiary/aromatic N) is 1. The third-order valence-corrected chi connectivity index (χ3v) is 2.31. The van der Waals surface area contributed by atoms with Gasteiger partial charge < -0.3 is 9.87 Å². The van der Waals surface area contributed by atoms with Gasteiger partial charge >= 0.3 is 6.03 Å². The Hall–Kier alpha value is -1.20. The van der Waals surface area contributed by atoms with Crippen molar-refractivity contribution in [3.8, 4) is 0 Å². The van der Waals surface area contributed by atoms with Gasteiger partial charge in [0.25, 0.3) is 0 Å². The van der Waals surface area contributed by atoms with E-state index in [9.17, 15) is 4.79 Å². The SMILES string of the molecule is C=C(/C=C\C(=C/C)N(CC)C(=O)NC)SO. The van der Waals surface area contributed by atoms with Crippen molar-refractivity contribution in [2.75, 3.05) is 13.6 Å². The maximum absolute atomic E-state index is 11.5. The number of amides is 2. The first kappa shape index (κ1) is 14.8. The van der Waals surface area contributed by atoms with Crippen LogP contribution in [-0.4, -0.2) is 29.1 Å². The van der Waals surface area contributed by atoms with Gasteiger partial charge in [-0.25, -0.2) is 4.79 Å². The first-order valence-corrected chi connectivity index (χ1v) is 5.72. The molecule has 0 bridgehead atoms. The molecule has 0 aromatic carbocycles. The fraction of sp³-hybridized carbons (Fsp3) is 0.364. The number of allylic oxidation sites excluding steroid dienone is 3. The Balaban J connectivity index is 4.78. The number of carbonyl (C=O) groups is 1. The summed E-state index contributed by atoms with van der Waals surface area (Å²) in [5.74, 6) is 0. The first-order valence-electron chi connectivity index (χ1n) is 4.94. The molecular formula is C11H18N2O2S. The minimum Gasteiger partial charge on any atom is -0.341 e. The largest absolute Gasteiger partial charge is 0.341 e. The molecule has 0 atom stereocenters. The van der Waals surface area contributed by atoms with Crippen LogP contribution in [0, 0.1) is 0 Å². The lowest BCUT2D eigenvalue weighted by Crippen LogP contribution is -2.36. The summed E-state index contributed by atoms with van der Waals surface area (Å²) < 4.78 is 8.73. The van der Waals surface area contributed by atoms with Crippen molar-refractivity contribution in [3.63, 3.8) is 0 Å². The Morgan fingerprint density at radius 3 is 2.56 bits per heavy atom. The summed E-state index contributed by atoms with van der Waals surface area (Å²) in [4.78, 5) is 13.6. The van der Waals surface area contributed by atoms with Crippen LogP contribution in [0.2, 0.25) is 0 Å². The topological polar surface area (TPSA) is 52.6 Å². The molecule has 0 aliphatic rings. The second kappa shape index (κ2) is 8.01. The van der Waals surface area contributed by atoms with E-state index in [-0.39, 0.29) is 6.03 Å². The molecule has 0 aliphatic heterocycles. The molecule has 2 N–H and O–H groups in total. The monoisotopic (exact) mass is 242 g/mol. The van der Waals surface area contributed by atoms with Crippen molar-refractivity contribution in [2.45, 2.75) is 13.8 Å². The summed E-state index contributed by atoms with van der Waals surface area (Å²) in [5, 5.41) is 2.57. The summed E-state index contributed by atoms with van der Waals surface area (Å²) in [6.45, 7) is 7.92. The molecule has 0 saturated carbocycles. The van der Waals surface area contributed by atoms with E-state index in [1.165, 1.54) is 0 Å². The zero-order valence-electron chi connectivity index (χ0n) is 9.86. The smallest absolute Gasteiger partial charge is 0.321 e. The van der Waals surface area contributed by atoms with Gasteiger partial charge in [0.05, 0.1) is 0 Å². The Bertz CT molecular complexity index is 311. The molecular weight excluding hydrogens is 224 g/mol. The molecule has 0 unspecified atom stereocenters. The molecule has 0 saturated heterocycles. The Labute approximate surface area is 101 Å². The maximum Gasteiger partial charge on any atom is 0.321 e. The van der Waals surface area contributed by atoms with Crippen LogP contribution in [0.1, 0.15) is 13.8 Å². The normalized spacial score (nSPS) is 11.6. The summed E-state index contributed by atoms with van der Waals surface area (Å²) >= 11 is 0.583. The highest BCUT2D eigenvalue weighted by atomic mass is 32.2. The Morgan fingerprint density at radius 2 is 2.19 bits per heavy atom. The predicted octanol–water partition coefficient (Wildman–Crippen LogP) is 2.83. The molecule has 0 aromatic heterocycles. The number of hydrogen-bond acceptors (Lipinski definition) is 3. The summed E-state index contributed by atoms with van der Waals surface area (Å²) in [7, 11) is 1.59. The van der Waals surface area contributed by atoms with E-state index in [0.717, 1.165) is 5.70 Å². The zero-order valence-corrected chi connectivity index (χ0v) is 10.7. The molecule has 0 aromatic rings. The average molecular weight is 242 g/mol. The molecule has 90 valence electrons. The van der Waals surface area contributed by atoms with Crippen LogP contribution < -0.4 is 5.32 Å². The molecule has 16 heavy (non-hydrogen) atoms. The molecule has 0 spiro atoms. The van der Waals surface area contributed by atoms with Crippen molar-refractivity contribution in [1.82, 2.24) is 10.2 Å². The second-order valence-corrected chi connectivity index (χ2v) is 3.61. The summed E-state index contributed by atoms with van der Waals surface area (Å²) in [6.07, 6.45) is 5.22. The number of carbonyl (C=O) groups excluding carboxylic acids is 1. The van der Waals surface area contributed by atoms with Gasteiger partial charge in [0, 0.05) is 36.2 Å². The summed E-state index contributed by atoms with van der Waals surface area (Å²) in [5.41, 5.74) is 0.761. The highest BCUT2D eigenvalue weighted by molar-refractivity contribution is 7.97. The molecule has 0 fully saturated rings. The number of likely N-dealkylation sites (N-methyl/N-ethyl adjacent to an activating group) is 1. The van der Waals surface area contributed by atoms with Gasteiger partial charge in [-0.2, -0.15) is 0 Å². The lowest BCUT2D eigenvalue weighted by Gasteiger charge is -2.21. The van der Waals surface area contributed by atoms with E-state index in [1.54, 1.807) is 24.1 Å². The molecule has 0 aliphatic carbocycles. The Kier molecular flexibility index (Phi) is 7.41. The number of urea groups is 1. The first-order chi connectivity index (χ1) is 7.60. The zero-order chi connectivity index (χ0) is 12.6. The molecule has 0 heterocycles. The van der Waals surface area contributed by atoms with Gasteiger partial charge in [0.2, 0.25) is 0 Å². The highest BCUT2D eigenvalue weighted by Crippen LogP contribution is 2.13. The van der Waals surface area contributed by atoms with E-state index >= 15 is 0 Å². The number of nitrogens with one attached hydrogen (secondary N) is 1. The van der Waals surface area contributed by atoms with Gasteiger partial charge in [0.1, 0.15) is 0 Å². The highest BCUT2D eigenvalue weighted by Gasteiger charge is 2.11. The van der Waals surface area contributed by atoms with Crippen molar-refractivity contribution in [1.29, 1.82) is 0 Å². The van der Waals surface area contributed by atoms with E-state index in [0.29, 0.717) is 23.5 Å². The van der Waals surface area contributed by atoms with Crippen molar-refractivity contribution in [2.24, 2.45) is 0 Å². The average Bonchev–Trinajstić information content (AvgIpc) is 2.32. The second-order valence-electron chi connectivity index (χ2n) is 2.90. The number of hydrogen-bond donors (Lipinski definition) is 2. The van der Waals surface area contributed by atoms with Gasteiger partial charge in [-0.3, -0.25) is 4.90 Å². The third-order valence-electron chi connectivity index (χ3n) is 1.94. The minimum atomic E-state index is -0.164. The minimum absolute atomic E-state index is 0.164. The van der Waals surface area contributed by atoms with Crippen molar-refractivity contribution >= 4 is 18.1 Å². The van der Waals surface area contributed by atoms with E-state index < -0.39 is 0 Å². The van der Waals surface area contributed by atoms with E-state index in [1.807, 2.05) is 19.9 Å². The van der Waals surface area contributed by atoms with Crippen molar-refractivity contribution in [3.05, 3.63) is 35.4 Å². The van der Waals surface area contributed by atoms with Gasteiger partial charge in [-0.1, -0.05) is 12.7 Å². The summed E-state index contributed by atoms with van der Waals surface area (Å²) in [6, 6.07) is -0.164. The van der Waals surface area contributed by atoms with Crippen LogP contribution in [-0.2, 0) is 0 Å². The van der Waals surface area contributed by atoms with Crippen LogP contribution >= 0.6 is 12.0 Å². The lowest BCUT2D eigenvalue weighted by molar-refractivity contribution is 0.216.